The maximum absolute atomic E-state index is 6.00. The predicted molar refractivity (Wildman–Crippen MR) is 94.9 cm³/mol. The molecule has 1 aromatic rings. The van der Waals surface area contributed by atoms with Gasteiger partial charge in [0.05, 0.1) is 32.1 Å². The monoisotopic (exact) mass is 360 g/mol. The van der Waals surface area contributed by atoms with E-state index in [1.54, 1.807) is 7.11 Å². The third-order valence-corrected chi connectivity index (χ3v) is 4.85. The van der Waals surface area contributed by atoms with Crippen molar-refractivity contribution in [3.63, 3.8) is 0 Å². The first kappa shape index (κ1) is 19.3. The molecule has 2 heterocycles. The fourth-order valence-electron chi connectivity index (χ4n) is 3.54. The van der Waals surface area contributed by atoms with Crippen LogP contribution in [0.2, 0.25) is 0 Å². The quantitative estimate of drug-likeness (QED) is 0.779. The Labute approximate surface area is 149 Å². The number of halogens is 1. The van der Waals surface area contributed by atoms with Crippen LogP contribution in [-0.2, 0) is 9.47 Å². The minimum Gasteiger partial charge on any atom is -0.473 e. The third kappa shape index (κ3) is 4.75. The molecule has 0 spiro atoms. The second kappa shape index (κ2) is 9.46. The van der Waals surface area contributed by atoms with Crippen LogP contribution in [0.4, 0.5) is 5.69 Å². The molecular weight excluding hydrogens is 332 g/mol. The molecule has 7 nitrogen and oxygen atoms in total. The molecule has 1 aromatic heterocycles. The van der Waals surface area contributed by atoms with E-state index in [2.05, 4.69) is 10.00 Å². The van der Waals surface area contributed by atoms with Gasteiger partial charge in [-0.15, -0.1) is 17.5 Å². The van der Waals surface area contributed by atoms with Crippen LogP contribution in [0.25, 0.3) is 0 Å². The molecular formula is C16H29ClN4O3. The highest BCUT2D eigenvalue weighted by Gasteiger charge is 2.28. The van der Waals surface area contributed by atoms with E-state index in [0.29, 0.717) is 36.9 Å². The Kier molecular flexibility index (Phi) is 7.61. The Hall–Kier alpha value is -1.02. The van der Waals surface area contributed by atoms with E-state index < -0.39 is 0 Å². The molecule has 0 aromatic carbocycles. The maximum atomic E-state index is 6.00. The zero-order chi connectivity index (χ0) is 16.1. The van der Waals surface area contributed by atoms with Gasteiger partial charge in [0, 0.05) is 26.2 Å². The van der Waals surface area contributed by atoms with E-state index >= 15 is 0 Å². The second-order valence-electron chi connectivity index (χ2n) is 6.32. The summed E-state index contributed by atoms with van der Waals surface area (Å²) >= 11 is 0. The van der Waals surface area contributed by atoms with Crippen molar-refractivity contribution < 1.29 is 14.2 Å². The van der Waals surface area contributed by atoms with E-state index in [1.807, 2.05) is 10.9 Å². The summed E-state index contributed by atoms with van der Waals surface area (Å²) in [6, 6.07) is 1.12. The molecule has 0 unspecified atom stereocenters. The molecule has 2 fully saturated rings. The minimum absolute atomic E-state index is 0. The number of anilines is 1. The van der Waals surface area contributed by atoms with Gasteiger partial charge in [-0.25, -0.2) is 0 Å². The summed E-state index contributed by atoms with van der Waals surface area (Å²) in [6.45, 7) is 4.90. The zero-order valence-electron chi connectivity index (χ0n) is 14.4. The molecule has 0 radical (unpaired) electrons. The average molecular weight is 361 g/mol. The summed E-state index contributed by atoms with van der Waals surface area (Å²) in [4.78, 5) is 2.58. The molecule has 2 N–H and O–H groups in total. The Morgan fingerprint density at radius 1 is 1.17 bits per heavy atom. The van der Waals surface area contributed by atoms with Gasteiger partial charge in [-0.05, 0) is 25.7 Å². The summed E-state index contributed by atoms with van der Waals surface area (Å²) in [6.07, 6.45) is 6.61. The molecule has 2 aliphatic rings. The number of hydrogen-bond acceptors (Lipinski definition) is 6. The number of rotatable bonds is 6. The maximum Gasteiger partial charge on any atom is 0.256 e. The number of ether oxygens (including phenoxy) is 3. The highest BCUT2D eigenvalue weighted by Crippen LogP contribution is 2.33. The van der Waals surface area contributed by atoms with E-state index in [-0.39, 0.29) is 12.4 Å². The molecule has 1 aliphatic heterocycles. The van der Waals surface area contributed by atoms with E-state index in [1.165, 1.54) is 12.8 Å². The standard InChI is InChI=1S/C16H28N4O3.ClH/c1-21-10-11-23-16-15(17)12-20(18-16)14-4-2-13(3-5-14)19-6-8-22-9-7-19;/h12-14H,2-11,17H2,1H3;1H/t13-,14-;. The van der Waals surface area contributed by atoms with Crippen LogP contribution in [0.15, 0.2) is 6.20 Å². The number of nitrogen functional groups attached to an aromatic ring is 1. The number of morpholine rings is 1. The Morgan fingerprint density at radius 3 is 2.50 bits per heavy atom. The van der Waals surface area contributed by atoms with Crippen molar-refractivity contribution >= 4 is 18.1 Å². The van der Waals surface area contributed by atoms with Gasteiger partial charge in [-0.2, -0.15) is 0 Å². The number of nitrogens with two attached hydrogens (primary N) is 1. The van der Waals surface area contributed by atoms with Gasteiger partial charge in [0.25, 0.3) is 5.88 Å². The largest absolute Gasteiger partial charge is 0.473 e. The molecule has 0 bridgehead atoms. The second-order valence-corrected chi connectivity index (χ2v) is 6.32. The third-order valence-electron chi connectivity index (χ3n) is 4.85. The first-order valence-electron chi connectivity index (χ1n) is 8.56. The zero-order valence-corrected chi connectivity index (χ0v) is 15.2. The van der Waals surface area contributed by atoms with Crippen LogP contribution in [0.5, 0.6) is 5.88 Å². The number of hydrogen-bond donors (Lipinski definition) is 1. The Balaban J connectivity index is 0.00000208. The van der Waals surface area contributed by atoms with Crippen LogP contribution in [0, 0.1) is 0 Å². The highest BCUT2D eigenvalue weighted by atomic mass is 35.5. The number of aromatic nitrogens is 2. The first-order chi connectivity index (χ1) is 11.3. The van der Waals surface area contributed by atoms with Crippen LogP contribution >= 0.6 is 12.4 Å². The Bertz CT molecular complexity index is 486. The van der Waals surface area contributed by atoms with Gasteiger partial charge in [0.2, 0.25) is 0 Å². The number of nitrogens with zero attached hydrogens (tertiary/aromatic N) is 3. The lowest BCUT2D eigenvalue weighted by molar-refractivity contribution is 0.00502. The SMILES string of the molecule is COCCOc1nn([C@H]2CC[C@H](N3CCOCC3)CC2)cc1N.Cl. The fourth-order valence-corrected chi connectivity index (χ4v) is 3.54. The summed E-state index contributed by atoms with van der Waals surface area (Å²) in [5.41, 5.74) is 6.61. The molecule has 8 heteroatoms. The van der Waals surface area contributed by atoms with E-state index in [4.69, 9.17) is 19.9 Å². The lowest BCUT2D eigenvalue weighted by Crippen LogP contribution is -2.45. The highest BCUT2D eigenvalue weighted by molar-refractivity contribution is 5.85. The Morgan fingerprint density at radius 2 is 1.83 bits per heavy atom. The molecule has 138 valence electrons. The van der Waals surface area contributed by atoms with Crippen molar-refractivity contribution in [1.29, 1.82) is 0 Å². The lowest BCUT2D eigenvalue weighted by Gasteiger charge is -2.38. The molecule has 3 rings (SSSR count). The average Bonchev–Trinajstić information content (AvgIpc) is 2.97. The van der Waals surface area contributed by atoms with Gasteiger partial charge < -0.3 is 19.9 Å². The van der Waals surface area contributed by atoms with Gasteiger partial charge in [0.15, 0.2) is 0 Å². The minimum atomic E-state index is 0. The molecule has 24 heavy (non-hydrogen) atoms. The number of methoxy groups -OCH3 is 1. The van der Waals surface area contributed by atoms with Crippen molar-refractivity contribution in [3.8, 4) is 5.88 Å². The topological polar surface area (TPSA) is 74.8 Å². The summed E-state index contributed by atoms with van der Waals surface area (Å²) in [5, 5.41) is 4.52. The first-order valence-corrected chi connectivity index (χ1v) is 8.56. The molecule has 1 aliphatic carbocycles. The van der Waals surface area contributed by atoms with Gasteiger partial charge in [-0.3, -0.25) is 9.58 Å². The van der Waals surface area contributed by atoms with Gasteiger partial charge >= 0.3 is 0 Å². The van der Waals surface area contributed by atoms with E-state index in [9.17, 15) is 0 Å². The van der Waals surface area contributed by atoms with Crippen molar-refractivity contribution in [2.75, 3.05) is 52.4 Å². The van der Waals surface area contributed by atoms with Crippen LogP contribution < -0.4 is 10.5 Å². The predicted octanol–water partition coefficient (Wildman–Crippen LogP) is 1.73. The van der Waals surface area contributed by atoms with Crippen LogP contribution in [0.3, 0.4) is 0 Å². The van der Waals surface area contributed by atoms with Gasteiger partial charge in [0.1, 0.15) is 12.3 Å². The fraction of sp³-hybridized carbons (Fsp3) is 0.812. The smallest absolute Gasteiger partial charge is 0.256 e. The molecule has 0 amide bonds. The van der Waals surface area contributed by atoms with Crippen LogP contribution in [-0.4, -0.2) is 67.3 Å². The molecule has 1 saturated carbocycles. The van der Waals surface area contributed by atoms with Crippen molar-refractivity contribution in [2.24, 2.45) is 0 Å². The van der Waals surface area contributed by atoms with Crippen molar-refractivity contribution in [2.45, 2.75) is 37.8 Å². The summed E-state index contributed by atoms with van der Waals surface area (Å²) in [7, 11) is 1.65. The van der Waals surface area contributed by atoms with E-state index in [0.717, 1.165) is 39.1 Å². The lowest BCUT2D eigenvalue weighted by atomic mass is 9.90. The van der Waals surface area contributed by atoms with Crippen LogP contribution in [0.1, 0.15) is 31.7 Å². The molecule has 1 saturated heterocycles. The summed E-state index contributed by atoms with van der Waals surface area (Å²) < 4.78 is 18.0. The van der Waals surface area contributed by atoms with Crippen molar-refractivity contribution in [1.82, 2.24) is 14.7 Å². The summed E-state index contributed by atoms with van der Waals surface area (Å²) in [5.74, 6) is 0.525. The molecule has 0 atom stereocenters. The van der Waals surface area contributed by atoms with Crippen molar-refractivity contribution in [3.05, 3.63) is 6.20 Å². The normalized spacial score (nSPS) is 25.2. The van der Waals surface area contributed by atoms with Gasteiger partial charge in [-0.1, -0.05) is 0 Å².